The predicted molar refractivity (Wildman–Crippen MR) is 112 cm³/mol. The second-order valence-corrected chi connectivity index (χ2v) is 10.8. The lowest BCUT2D eigenvalue weighted by Crippen LogP contribution is -2.54. The van der Waals surface area contributed by atoms with Gasteiger partial charge in [-0.05, 0) is 86.0 Å². The van der Waals surface area contributed by atoms with Gasteiger partial charge in [0.15, 0.2) is 0 Å². The first kappa shape index (κ1) is 18.9. The zero-order chi connectivity index (χ0) is 19.4. The number of carbonyl (C=O) groups is 1. The fourth-order valence-electron chi connectivity index (χ4n) is 7.93. The third-order valence-corrected chi connectivity index (χ3v) is 9.66. The number of hydrogen-bond donors (Lipinski definition) is 0. The van der Waals surface area contributed by atoms with Crippen molar-refractivity contribution in [2.75, 3.05) is 0 Å². The number of rotatable bonds is 3. The summed E-state index contributed by atoms with van der Waals surface area (Å²) in [6.07, 6.45) is 11.3. The monoisotopic (exact) mass is 380 g/mol. The van der Waals surface area contributed by atoms with Gasteiger partial charge in [-0.3, -0.25) is 4.79 Å². The van der Waals surface area contributed by atoms with Crippen molar-refractivity contribution in [3.05, 3.63) is 35.9 Å². The minimum atomic E-state index is 0.0142. The van der Waals surface area contributed by atoms with Crippen molar-refractivity contribution >= 4 is 5.78 Å². The van der Waals surface area contributed by atoms with E-state index in [-0.39, 0.29) is 5.41 Å². The van der Waals surface area contributed by atoms with Crippen LogP contribution in [0.15, 0.2) is 30.3 Å². The van der Waals surface area contributed by atoms with Crippen LogP contribution in [0.5, 0.6) is 0 Å². The second-order valence-electron chi connectivity index (χ2n) is 10.8. The van der Waals surface area contributed by atoms with Crippen LogP contribution in [0.25, 0.3) is 0 Å². The van der Waals surface area contributed by atoms with Gasteiger partial charge >= 0.3 is 0 Å². The second kappa shape index (κ2) is 6.97. The Morgan fingerprint density at radius 3 is 2.61 bits per heavy atom. The number of hydrogen-bond acceptors (Lipinski definition) is 2. The van der Waals surface area contributed by atoms with Crippen molar-refractivity contribution < 1.29 is 9.53 Å². The maximum atomic E-state index is 12.6. The van der Waals surface area contributed by atoms with E-state index in [1.807, 2.05) is 0 Å². The summed E-state index contributed by atoms with van der Waals surface area (Å²) in [6.45, 7) is 5.65. The van der Waals surface area contributed by atoms with Gasteiger partial charge in [0.05, 0.1) is 12.7 Å². The first-order valence-electron chi connectivity index (χ1n) is 11.7. The molecule has 0 radical (unpaired) electrons. The zero-order valence-electron chi connectivity index (χ0n) is 17.7. The van der Waals surface area contributed by atoms with Crippen LogP contribution >= 0.6 is 0 Å². The largest absolute Gasteiger partial charge is 0.374 e. The van der Waals surface area contributed by atoms with Crippen LogP contribution in [0.4, 0.5) is 0 Å². The van der Waals surface area contributed by atoms with Gasteiger partial charge in [0.25, 0.3) is 0 Å². The van der Waals surface area contributed by atoms with E-state index in [4.69, 9.17) is 4.74 Å². The summed E-state index contributed by atoms with van der Waals surface area (Å²) in [5, 5.41) is 0. The molecule has 0 aromatic heterocycles. The van der Waals surface area contributed by atoms with E-state index in [2.05, 4.69) is 44.2 Å². The van der Waals surface area contributed by atoms with Crippen LogP contribution in [-0.4, -0.2) is 11.9 Å². The first-order chi connectivity index (χ1) is 13.5. The van der Waals surface area contributed by atoms with Gasteiger partial charge in [-0.15, -0.1) is 0 Å². The average Bonchev–Trinajstić information content (AvgIpc) is 3.02. The van der Waals surface area contributed by atoms with Gasteiger partial charge in [-0.1, -0.05) is 44.2 Å². The van der Waals surface area contributed by atoms with Gasteiger partial charge in [0.1, 0.15) is 5.78 Å². The molecule has 0 N–H and O–H groups in total. The third kappa shape index (κ3) is 2.90. The Balaban J connectivity index is 1.27. The van der Waals surface area contributed by atoms with Crippen LogP contribution in [0, 0.1) is 34.5 Å². The van der Waals surface area contributed by atoms with Gasteiger partial charge in [-0.2, -0.15) is 0 Å². The molecule has 2 nitrogen and oxygen atoms in total. The van der Waals surface area contributed by atoms with Crippen LogP contribution in [0.1, 0.15) is 77.2 Å². The van der Waals surface area contributed by atoms with Crippen molar-refractivity contribution in [1.82, 2.24) is 0 Å². The number of ketones is 1. The lowest BCUT2D eigenvalue weighted by atomic mass is 9.45. The summed E-state index contributed by atoms with van der Waals surface area (Å²) in [7, 11) is 0. The van der Waals surface area contributed by atoms with E-state index in [0.717, 1.165) is 37.2 Å². The molecule has 7 atom stereocenters. The minimum absolute atomic E-state index is 0.0142. The molecule has 0 aliphatic heterocycles. The lowest BCUT2D eigenvalue weighted by Gasteiger charge is -2.60. The number of Topliss-reactive ketones (excluding diaryl/α,β-unsaturated/α-hetero) is 1. The number of carbonyl (C=O) groups excluding carboxylic acids is 1. The Morgan fingerprint density at radius 1 is 0.964 bits per heavy atom. The molecule has 4 saturated carbocycles. The summed E-state index contributed by atoms with van der Waals surface area (Å²) in [6, 6.07) is 10.6. The Kier molecular flexibility index (Phi) is 4.69. The number of fused-ring (bicyclic) bond motifs is 5. The fourth-order valence-corrected chi connectivity index (χ4v) is 7.93. The van der Waals surface area contributed by atoms with E-state index in [0.29, 0.717) is 23.2 Å². The van der Waals surface area contributed by atoms with Gasteiger partial charge in [-0.25, -0.2) is 0 Å². The predicted octanol–water partition coefficient (Wildman–Crippen LogP) is 6.18. The highest BCUT2D eigenvalue weighted by Crippen LogP contribution is 2.65. The van der Waals surface area contributed by atoms with E-state index >= 15 is 0 Å². The Labute approximate surface area is 170 Å². The molecule has 0 heterocycles. The normalized spacial score (nSPS) is 45.2. The molecule has 28 heavy (non-hydrogen) atoms. The highest BCUT2D eigenvalue weighted by molar-refractivity contribution is 5.87. The molecule has 4 fully saturated rings. The van der Waals surface area contributed by atoms with Crippen molar-refractivity contribution in [3.8, 4) is 0 Å². The molecule has 4 aliphatic carbocycles. The van der Waals surface area contributed by atoms with Crippen LogP contribution in [-0.2, 0) is 16.1 Å². The molecule has 0 unspecified atom stereocenters. The molecule has 0 saturated heterocycles. The Bertz CT molecular complexity index is 727. The number of benzene rings is 1. The molecule has 0 amide bonds. The summed E-state index contributed by atoms with van der Waals surface area (Å²) in [5.74, 6) is 3.69. The fraction of sp³-hybridized carbons (Fsp3) is 0.731. The Hall–Kier alpha value is -1.15. The van der Waals surface area contributed by atoms with Gasteiger partial charge in [0, 0.05) is 11.8 Å². The summed E-state index contributed by atoms with van der Waals surface area (Å²) in [4.78, 5) is 12.6. The molecule has 1 aromatic rings. The first-order valence-corrected chi connectivity index (χ1v) is 11.7. The van der Waals surface area contributed by atoms with Crippen molar-refractivity contribution in [2.45, 2.75) is 84.3 Å². The zero-order valence-corrected chi connectivity index (χ0v) is 17.7. The van der Waals surface area contributed by atoms with E-state index in [9.17, 15) is 4.79 Å². The lowest BCUT2D eigenvalue weighted by molar-refractivity contribution is -0.145. The maximum absolute atomic E-state index is 12.6. The van der Waals surface area contributed by atoms with E-state index in [1.54, 1.807) is 0 Å². The molecular formula is C26H36O2. The minimum Gasteiger partial charge on any atom is -0.374 e. The van der Waals surface area contributed by atoms with Crippen molar-refractivity contribution in [2.24, 2.45) is 34.5 Å². The summed E-state index contributed by atoms with van der Waals surface area (Å²) in [5.41, 5.74) is 1.78. The van der Waals surface area contributed by atoms with Crippen molar-refractivity contribution in [1.29, 1.82) is 0 Å². The van der Waals surface area contributed by atoms with Gasteiger partial charge in [0.2, 0.25) is 0 Å². The van der Waals surface area contributed by atoms with E-state index in [1.165, 1.54) is 50.5 Å². The summed E-state index contributed by atoms with van der Waals surface area (Å²) >= 11 is 0. The highest BCUT2D eigenvalue weighted by Gasteiger charge is 2.60. The molecule has 4 aliphatic rings. The molecule has 0 bridgehead atoms. The standard InChI is InChI=1S/C26H36O2/c1-25-14-12-20(28-17-18-6-4-3-5-7-18)16-19(25)8-9-21-22-10-11-24(27)26(22,2)15-13-23(21)25/h3-7,19-23H,8-17H2,1-2H3/t19-,20-,21-,22+,23+,25-,26+/m0/s1. The topological polar surface area (TPSA) is 26.3 Å². The molecule has 1 aromatic carbocycles. The van der Waals surface area contributed by atoms with Crippen molar-refractivity contribution in [3.63, 3.8) is 0 Å². The van der Waals surface area contributed by atoms with Gasteiger partial charge < -0.3 is 4.74 Å². The van der Waals surface area contributed by atoms with Crippen LogP contribution < -0.4 is 0 Å². The SMILES string of the molecule is C[C@]12CC[C@H](OCc3ccccc3)C[C@@H]1CC[C@@H]1[C@H]2CC[C@@]2(C)C(=O)CC[C@H]12. The molecule has 2 heteroatoms. The van der Waals surface area contributed by atoms with Crippen LogP contribution in [0.2, 0.25) is 0 Å². The number of ether oxygens (including phenoxy) is 1. The maximum Gasteiger partial charge on any atom is 0.139 e. The quantitative estimate of drug-likeness (QED) is 0.625. The molecular weight excluding hydrogens is 344 g/mol. The third-order valence-electron chi connectivity index (χ3n) is 9.66. The molecule has 152 valence electrons. The average molecular weight is 381 g/mol. The molecule has 5 rings (SSSR count). The molecule has 0 spiro atoms. The smallest absolute Gasteiger partial charge is 0.139 e. The van der Waals surface area contributed by atoms with Crippen LogP contribution in [0.3, 0.4) is 0 Å². The highest BCUT2D eigenvalue weighted by atomic mass is 16.5. The van der Waals surface area contributed by atoms with E-state index < -0.39 is 0 Å². The Morgan fingerprint density at radius 2 is 1.79 bits per heavy atom. The summed E-state index contributed by atoms with van der Waals surface area (Å²) < 4.78 is 6.35.